The number of nitrogens with one attached hydrogen (secondary N) is 1. The molecule has 15 heteroatoms. The van der Waals surface area contributed by atoms with Gasteiger partial charge in [0.25, 0.3) is 0 Å². The standard InChI is InChI=1S/C8H3BrClFN2.C8H4BrFN2O.CH4.Cl3OP/c9-5-1-2-6-4(7(5)11)3-12-8(10)13-6;9-5-1-2-6-4(7(5)10)3-11-8(13)12-6;;1-5(2,3)4/h1-3H;1-3H,(H,11,12,13);1H4;. The third-order valence-corrected chi connectivity index (χ3v) is 4.71. The molecule has 0 radical (unpaired) electrons. The molecule has 2 aromatic carbocycles. The summed E-state index contributed by atoms with van der Waals surface area (Å²) in [6.45, 7) is 0. The summed E-state index contributed by atoms with van der Waals surface area (Å²) in [6.07, 6.45) is 2.58. The smallest absolute Gasteiger partial charge is 0.305 e. The Morgan fingerprint density at radius 3 is 2.00 bits per heavy atom. The van der Waals surface area contributed by atoms with E-state index in [-0.39, 0.29) is 18.5 Å². The van der Waals surface area contributed by atoms with Gasteiger partial charge in [0.1, 0.15) is 11.6 Å². The Morgan fingerprint density at radius 2 is 1.41 bits per heavy atom. The SMILES string of the molecule is C.Fc1c(Br)ccc2nc(Cl)ncc12.O=P(Cl)(Cl)Cl.O=c1ncc2c(F)c(Br)ccc2[nH]1. The van der Waals surface area contributed by atoms with Crippen molar-refractivity contribution in [3.05, 3.63) is 73.0 Å². The lowest BCUT2D eigenvalue weighted by Gasteiger charge is -1.99. The minimum absolute atomic E-state index is 0. The fourth-order valence-corrected chi connectivity index (χ4v) is 2.93. The monoisotopic (exact) mass is 670 g/mol. The van der Waals surface area contributed by atoms with Crippen LogP contribution >= 0.6 is 82.4 Å². The van der Waals surface area contributed by atoms with Crippen molar-refractivity contribution in [3.8, 4) is 0 Å². The fourth-order valence-electron chi connectivity index (χ4n) is 2.09. The van der Waals surface area contributed by atoms with E-state index in [9.17, 15) is 18.1 Å². The van der Waals surface area contributed by atoms with E-state index >= 15 is 0 Å². The van der Waals surface area contributed by atoms with Crippen LogP contribution in [0.4, 0.5) is 8.78 Å². The Bertz CT molecular complexity index is 1350. The highest BCUT2D eigenvalue weighted by Gasteiger charge is 2.07. The number of rotatable bonds is 0. The summed E-state index contributed by atoms with van der Waals surface area (Å²) in [5.41, 5.74) is 0.468. The number of H-pyrrole nitrogens is 1. The van der Waals surface area contributed by atoms with Gasteiger partial charge in [0.05, 0.1) is 30.8 Å². The summed E-state index contributed by atoms with van der Waals surface area (Å²) < 4.78 is 36.9. The quantitative estimate of drug-likeness (QED) is 0.150. The Hall–Kier alpha value is -0.870. The Morgan fingerprint density at radius 1 is 0.906 bits per heavy atom. The van der Waals surface area contributed by atoms with Crippen molar-refractivity contribution in [1.82, 2.24) is 19.9 Å². The molecule has 2 aromatic heterocycles. The molecule has 0 unspecified atom stereocenters. The van der Waals surface area contributed by atoms with E-state index in [1.165, 1.54) is 18.5 Å². The van der Waals surface area contributed by atoms with Gasteiger partial charge in [-0.05, 0) is 101 Å². The van der Waals surface area contributed by atoms with E-state index in [0.717, 1.165) is 0 Å². The number of hydrogen-bond donors (Lipinski definition) is 1. The third kappa shape index (κ3) is 8.82. The second-order valence-corrected chi connectivity index (χ2v) is 14.0. The molecule has 0 saturated carbocycles. The summed E-state index contributed by atoms with van der Waals surface area (Å²) in [4.78, 5) is 24.2. The van der Waals surface area contributed by atoms with Crippen LogP contribution in [0.1, 0.15) is 7.43 Å². The number of aromatic nitrogens is 4. The molecule has 0 fully saturated rings. The highest BCUT2D eigenvalue weighted by molar-refractivity contribution is 9.10. The van der Waals surface area contributed by atoms with Gasteiger partial charge in [-0.2, -0.15) is 0 Å². The highest BCUT2D eigenvalue weighted by Crippen LogP contribution is 2.61. The average molecular weight is 674 g/mol. The van der Waals surface area contributed by atoms with Crippen molar-refractivity contribution in [2.24, 2.45) is 0 Å². The number of halogens is 8. The number of fused-ring (bicyclic) bond motifs is 2. The van der Waals surface area contributed by atoms with Gasteiger partial charge in [0.15, 0.2) is 0 Å². The minimum Gasteiger partial charge on any atom is -0.305 e. The van der Waals surface area contributed by atoms with Gasteiger partial charge >= 0.3 is 10.9 Å². The molecule has 0 atom stereocenters. The lowest BCUT2D eigenvalue weighted by atomic mass is 10.2. The molecule has 1 N–H and O–H groups in total. The van der Waals surface area contributed by atoms with Gasteiger partial charge in [-0.1, -0.05) is 7.43 Å². The third-order valence-electron chi connectivity index (χ3n) is 3.31. The maximum Gasteiger partial charge on any atom is 0.345 e. The van der Waals surface area contributed by atoms with Gasteiger partial charge in [-0.15, -0.1) is 0 Å². The van der Waals surface area contributed by atoms with Crippen LogP contribution in [-0.2, 0) is 4.57 Å². The maximum absolute atomic E-state index is 13.4. The van der Waals surface area contributed by atoms with Crippen LogP contribution in [0.25, 0.3) is 21.8 Å². The van der Waals surface area contributed by atoms with Crippen molar-refractivity contribution in [1.29, 1.82) is 0 Å². The lowest BCUT2D eigenvalue weighted by Crippen LogP contribution is -2.08. The predicted molar refractivity (Wildman–Crippen MR) is 134 cm³/mol. The summed E-state index contributed by atoms with van der Waals surface area (Å²) in [7, 11) is 0. The van der Waals surface area contributed by atoms with Gasteiger partial charge in [0.2, 0.25) is 5.28 Å². The summed E-state index contributed by atoms with van der Waals surface area (Å²) in [5.74, 6) is -0.782. The van der Waals surface area contributed by atoms with Gasteiger partial charge in [-0.3, -0.25) is 4.57 Å². The predicted octanol–water partition coefficient (Wildman–Crippen LogP) is 8.46. The topological polar surface area (TPSA) is 88.6 Å². The Kier molecular flexibility index (Phi) is 11.4. The Balaban J connectivity index is 0.000000259. The molecule has 0 amide bonds. The van der Waals surface area contributed by atoms with Crippen molar-refractivity contribution >= 4 is 104 Å². The molecule has 32 heavy (non-hydrogen) atoms. The van der Waals surface area contributed by atoms with E-state index in [1.807, 2.05) is 0 Å². The van der Waals surface area contributed by atoms with Gasteiger partial charge < -0.3 is 4.98 Å². The molecule has 4 rings (SSSR count). The molecule has 172 valence electrons. The van der Waals surface area contributed by atoms with Crippen molar-refractivity contribution in [2.45, 2.75) is 7.43 Å². The lowest BCUT2D eigenvalue weighted by molar-refractivity contribution is 0.600. The van der Waals surface area contributed by atoms with Crippen molar-refractivity contribution in [2.75, 3.05) is 0 Å². The molecular formula is C17H11Br2Cl4F2N4O2P. The molecule has 0 aliphatic heterocycles. The van der Waals surface area contributed by atoms with Crippen LogP contribution in [-0.4, -0.2) is 19.9 Å². The van der Waals surface area contributed by atoms with Gasteiger partial charge in [-0.25, -0.2) is 28.5 Å². The summed E-state index contributed by atoms with van der Waals surface area (Å²) in [6, 6.07) is 6.41. The van der Waals surface area contributed by atoms with Crippen LogP contribution in [0.15, 0.2) is 50.4 Å². The van der Waals surface area contributed by atoms with Crippen LogP contribution in [0.3, 0.4) is 0 Å². The van der Waals surface area contributed by atoms with Crippen molar-refractivity contribution < 1.29 is 13.3 Å². The first-order chi connectivity index (χ1) is 14.4. The molecule has 4 aromatic rings. The van der Waals surface area contributed by atoms with Crippen molar-refractivity contribution in [3.63, 3.8) is 0 Å². The van der Waals surface area contributed by atoms with Crippen LogP contribution < -0.4 is 5.69 Å². The van der Waals surface area contributed by atoms with Gasteiger partial charge in [0, 0.05) is 12.4 Å². The number of hydrogen-bond acceptors (Lipinski definition) is 5. The van der Waals surface area contributed by atoms with E-state index in [2.05, 4.69) is 85.5 Å². The Labute approximate surface area is 216 Å². The molecule has 0 spiro atoms. The first-order valence-corrected chi connectivity index (χ1v) is 14.0. The second-order valence-electron chi connectivity index (χ2n) is 5.34. The fraction of sp³-hybridized carbons (Fsp3) is 0.0588. The zero-order chi connectivity index (χ0) is 23.3. The number of benzene rings is 2. The second kappa shape index (κ2) is 12.6. The normalized spacial score (nSPS) is 10.5. The summed E-state index contributed by atoms with van der Waals surface area (Å²) >= 11 is 25.5. The molecular weight excluding hydrogens is 663 g/mol. The molecule has 0 aliphatic carbocycles. The minimum atomic E-state index is -3.22. The average Bonchev–Trinajstić information content (AvgIpc) is 2.67. The highest BCUT2D eigenvalue weighted by atomic mass is 79.9. The summed E-state index contributed by atoms with van der Waals surface area (Å²) in [5, 5.41) is -2.44. The van der Waals surface area contributed by atoms with Crippen LogP contribution in [0, 0.1) is 11.6 Å². The first-order valence-electron chi connectivity index (χ1n) is 7.65. The number of aromatic amines is 1. The van der Waals surface area contributed by atoms with E-state index in [4.69, 9.17) is 11.6 Å². The maximum atomic E-state index is 13.4. The van der Waals surface area contributed by atoms with Crippen LogP contribution in [0.5, 0.6) is 0 Å². The van der Waals surface area contributed by atoms with E-state index in [1.54, 1.807) is 18.2 Å². The molecule has 2 heterocycles. The zero-order valence-corrected chi connectivity index (χ0v) is 21.7. The molecule has 0 saturated heterocycles. The van der Waals surface area contributed by atoms with E-state index in [0.29, 0.717) is 30.8 Å². The number of nitrogens with zero attached hydrogens (tertiary/aromatic N) is 3. The molecule has 6 nitrogen and oxygen atoms in total. The zero-order valence-electron chi connectivity index (χ0n) is 14.6. The molecule has 0 aliphatic rings. The first kappa shape index (κ1) is 29.2. The van der Waals surface area contributed by atoms with E-state index < -0.39 is 16.7 Å². The molecule has 0 bridgehead atoms. The largest absolute Gasteiger partial charge is 0.345 e. The van der Waals surface area contributed by atoms with Crippen LogP contribution in [0.2, 0.25) is 5.28 Å².